The molecule has 0 amide bonds. The molecule has 0 fully saturated rings. The van der Waals surface area contributed by atoms with Crippen molar-refractivity contribution in [2.45, 2.75) is 63.1 Å². The topological polar surface area (TPSA) is 20.2 Å². The summed E-state index contributed by atoms with van der Waals surface area (Å²) in [6.07, 6.45) is -6.14. The molecule has 22 heavy (non-hydrogen) atoms. The highest BCUT2D eigenvalue weighted by atomic mass is 19.4. The van der Waals surface area contributed by atoms with Crippen molar-refractivity contribution in [2.75, 3.05) is 0 Å². The van der Waals surface area contributed by atoms with E-state index in [0.717, 1.165) is 5.56 Å². The summed E-state index contributed by atoms with van der Waals surface area (Å²) >= 11 is 0. The highest BCUT2D eigenvalue weighted by molar-refractivity contribution is 5.15. The van der Waals surface area contributed by atoms with Crippen LogP contribution in [0.25, 0.3) is 0 Å². The molecule has 0 aliphatic rings. The molecular weight excluding hydrogens is 303 g/mol. The van der Waals surface area contributed by atoms with Crippen LogP contribution in [0.15, 0.2) is 30.3 Å². The summed E-state index contributed by atoms with van der Waals surface area (Å²) in [6, 6.07) is 8.80. The third kappa shape index (κ3) is 5.55. The van der Waals surface area contributed by atoms with Crippen LogP contribution in [-0.2, 0) is 6.42 Å². The molecule has 1 N–H and O–H groups in total. The average Bonchev–Trinajstić information content (AvgIpc) is 2.43. The number of aliphatic hydroxyl groups is 1. The molecule has 126 valence electrons. The second-order valence-electron chi connectivity index (χ2n) is 5.69. The van der Waals surface area contributed by atoms with Gasteiger partial charge in [0.15, 0.2) is 0 Å². The molecular formula is C16H21F5O. The van der Waals surface area contributed by atoms with Gasteiger partial charge in [-0.25, -0.2) is 0 Å². The third-order valence-corrected chi connectivity index (χ3v) is 3.68. The van der Waals surface area contributed by atoms with Crippen LogP contribution in [0, 0.1) is 0 Å². The summed E-state index contributed by atoms with van der Waals surface area (Å²) in [5.41, 5.74) is -1.22. The van der Waals surface area contributed by atoms with E-state index in [-0.39, 0.29) is 19.3 Å². The van der Waals surface area contributed by atoms with Crippen molar-refractivity contribution in [3.8, 4) is 0 Å². The van der Waals surface area contributed by atoms with Gasteiger partial charge in [-0.05, 0) is 24.8 Å². The SMILES string of the molecule is CCCCC(O)(CCc1ccccc1)CC(F)(F)C(F)(F)F. The van der Waals surface area contributed by atoms with E-state index in [4.69, 9.17) is 0 Å². The Bertz CT molecular complexity index is 444. The normalized spacial score (nSPS) is 15.6. The minimum Gasteiger partial charge on any atom is -0.390 e. The number of halogens is 5. The number of unbranched alkanes of at least 4 members (excludes halogenated alkanes) is 1. The molecule has 1 unspecified atom stereocenters. The highest BCUT2D eigenvalue weighted by Gasteiger charge is 2.60. The molecule has 0 saturated heterocycles. The lowest BCUT2D eigenvalue weighted by Crippen LogP contribution is -2.45. The first kappa shape index (κ1) is 18.9. The van der Waals surface area contributed by atoms with E-state index in [1.165, 1.54) is 0 Å². The van der Waals surface area contributed by atoms with Crippen LogP contribution in [0.5, 0.6) is 0 Å². The molecule has 0 aliphatic carbocycles. The molecule has 0 spiro atoms. The van der Waals surface area contributed by atoms with Gasteiger partial charge in [0.2, 0.25) is 0 Å². The van der Waals surface area contributed by atoms with Crippen molar-refractivity contribution >= 4 is 0 Å². The predicted molar refractivity (Wildman–Crippen MR) is 74.9 cm³/mol. The van der Waals surface area contributed by atoms with Gasteiger partial charge in [-0.15, -0.1) is 0 Å². The summed E-state index contributed by atoms with van der Waals surface area (Å²) in [4.78, 5) is 0. The van der Waals surface area contributed by atoms with Crippen molar-refractivity contribution < 1.29 is 27.1 Å². The van der Waals surface area contributed by atoms with Gasteiger partial charge >= 0.3 is 12.1 Å². The fraction of sp³-hybridized carbons (Fsp3) is 0.625. The quantitative estimate of drug-likeness (QED) is 0.657. The Morgan fingerprint density at radius 1 is 0.955 bits per heavy atom. The van der Waals surface area contributed by atoms with E-state index in [0.29, 0.717) is 12.8 Å². The van der Waals surface area contributed by atoms with Gasteiger partial charge in [-0.2, -0.15) is 22.0 Å². The molecule has 1 aromatic carbocycles. The van der Waals surface area contributed by atoms with E-state index in [1.54, 1.807) is 37.3 Å². The first-order valence-corrected chi connectivity index (χ1v) is 7.30. The zero-order valence-electron chi connectivity index (χ0n) is 12.5. The molecule has 0 bridgehead atoms. The lowest BCUT2D eigenvalue weighted by molar-refractivity contribution is -0.297. The smallest absolute Gasteiger partial charge is 0.390 e. The summed E-state index contributed by atoms with van der Waals surface area (Å²) < 4.78 is 63.8. The van der Waals surface area contributed by atoms with Gasteiger partial charge in [-0.3, -0.25) is 0 Å². The fourth-order valence-electron chi connectivity index (χ4n) is 2.34. The van der Waals surface area contributed by atoms with Crippen LogP contribution in [-0.4, -0.2) is 22.8 Å². The minimum atomic E-state index is -5.64. The van der Waals surface area contributed by atoms with E-state index in [9.17, 15) is 27.1 Å². The Morgan fingerprint density at radius 3 is 2.05 bits per heavy atom. The minimum absolute atomic E-state index is 0.0675. The van der Waals surface area contributed by atoms with Gasteiger partial charge in [0.05, 0.1) is 5.60 Å². The van der Waals surface area contributed by atoms with Crippen LogP contribution in [0.4, 0.5) is 22.0 Å². The zero-order chi connectivity index (χ0) is 16.9. The van der Waals surface area contributed by atoms with Gasteiger partial charge < -0.3 is 5.11 Å². The number of alkyl halides is 5. The summed E-state index contributed by atoms with van der Waals surface area (Å²) in [5.74, 6) is -4.88. The Hall–Kier alpha value is -1.17. The van der Waals surface area contributed by atoms with Crippen molar-refractivity contribution in [1.29, 1.82) is 0 Å². The number of aryl methyl sites for hydroxylation is 1. The fourth-order valence-corrected chi connectivity index (χ4v) is 2.34. The maximum absolute atomic E-state index is 13.3. The number of benzene rings is 1. The molecule has 0 aromatic heterocycles. The van der Waals surface area contributed by atoms with E-state index in [1.807, 2.05) is 0 Å². The summed E-state index contributed by atoms with van der Waals surface area (Å²) in [6.45, 7) is 1.79. The summed E-state index contributed by atoms with van der Waals surface area (Å²) in [5, 5.41) is 10.3. The molecule has 0 saturated carbocycles. The molecule has 1 atom stereocenters. The van der Waals surface area contributed by atoms with E-state index in [2.05, 4.69) is 0 Å². The van der Waals surface area contributed by atoms with Gasteiger partial charge in [-0.1, -0.05) is 50.1 Å². The molecule has 6 heteroatoms. The molecule has 1 aromatic rings. The van der Waals surface area contributed by atoms with E-state index >= 15 is 0 Å². The number of hydrogen-bond acceptors (Lipinski definition) is 1. The van der Waals surface area contributed by atoms with Crippen molar-refractivity contribution in [1.82, 2.24) is 0 Å². The maximum Gasteiger partial charge on any atom is 0.453 e. The highest BCUT2D eigenvalue weighted by Crippen LogP contribution is 2.43. The second kappa shape index (κ2) is 7.40. The first-order chi connectivity index (χ1) is 10.1. The molecule has 0 heterocycles. The summed E-state index contributed by atoms with van der Waals surface area (Å²) in [7, 11) is 0. The van der Waals surface area contributed by atoms with Crippen LogP contribution in [0.2, 0.25) is 0 Å². The average molecular weight is 324 g/mol. The zero-order valence-corrected chi connectivity index (χ0v) is 12.5. The van der Waals surface area contributed by atoms with Crippen LogP contribution in [0.3, 0.4) is 0 Å². The van der Waals surface area contributed by atoms with E-state index < -0.39 is 24.1 Å². The van der Waals surface area contributed by atoms with Crippen LogP contribution >= 0.6 is 0 Å². The van der Waals surface area contributed by atoms with Crippen LogP contribution in [0.1, 0.15) is 44.6 Å². The molecule has 1 rings (SSSR count). The molecule has 1 nitrogen and oxygen atoms in total. The van der Waals surface area contributed by atoms with Crippen molar-refractivity contribution in [3.63, 3.8) is 0 Å². The van der Waals surface area contributed by atoms with Crippen molar-refractivity contribution in [2.24, 2.45) is 0 Å². The largest absolute Gasteiger partial charge is 0.453 e. The number of hydrogen-bond donors (Lipinski definition) is 1. The lowest BCUT2D eigenvalue weighted by atomic mass is 9.84. The molecule has 0 aliphatic heterocycles. The Labute approximate surface area is 127 Å². The molecule has 0 radical (unpaired) electrons. The standard InChI is InChI=1S/C16H21F5O/c1-2-3-10-14(22,12-15(17,18)16(19,20)21)11-9-13-7-5-4-6-8-13/h4-8,22H,2-3,9-12H2,1H3. The first-order valence-electron chi connectivity index (χ1n) is 7.30. The lowest BCUT2D eigenvalue weighted by Gasteiger charge is -2.33. The van der Waals surface area contributed by atoms with Crippen molar-refractivity contribution in [3.05, 3.63) is 35.9 Å². The van der Waals surface area contributed by atoms with Gasteiger partial charge in [0, 0.05) is 6.42 Å². The third-order valence-electron chi connectivity index (χ3n) is 3.68. The Morgan fingerprint density at radius 2 is 1.55 bits per heavy atom. The van der Waals surface area contributed by atoms with Crippen LogP contribution < -0.4 is 0 Å². The van der Waals surface area contributed by atoms with Gasteiger partial charge in [0.1, 0.15) is 0 Å². The predicted octanol–water partition coefficient (Wildman–Crippen LogP) is 5.13. The Kier molecular flexibility index (Phi) is 6.35. The number of rotatable bonds is 8. The Balaban J connectivity index is 2.80. The van der Waals surface area contributed by atoms with Gasteiger partial charge in [0.25, 0.3) is 0 Å². The monoisotopic (exact) mass is 324 g/mol. The second-order valence-corrected chi connectivity index (χ2v) is 5.69. The maximum atomic E-state index is 13.3.